The minimum absolute atomic E-state index is 0.123. The molecule has 0 aliphatic heterocycles. The third-order valence-electron chi connectivity index (χ3n) is 3.54. The fourth-order valence-corrected chi connectivity index (χ4v) is 4.84. The van der Waals surface area contributed by atoms with E-state index < -0.39 is 61.8 Å². The summed E-state index contributed by atoms with van der Waals surface area (Å²) in [5.41, 5.74) is -0.783. The second kappa shape index (κ2) is 8.75. The maximum absolute atomic E-state index is 11.6. The van der Waals surface area contributed by atoms with Gasteiger partial charge in [-0.05, 0) is 35.4 Å². The van der Waals surface area contributed by atoms with Crippen LogP contribution in [0.5, 0.6) is 0 Å². The molecule has 14 nitrogen and oxygen atoms in total. The van der Waals surface area contributed by atoms with Crippen molar-refractivity contribution >= 4 is 64.2 Å². The van der Waals surface area contributed by atoms with E-state index in [9.17, 15) is 42.8 Å². The van der Waals surface area contributed by atoms with Crippen LogP contribution >= 0.6 is 0 Å². The SMILES string of the molecule is NS(=O)(=O)Nc1ccc(/C=C/c2ccc(NS(N)(=O)=O)c(S(=O)(=O)O)c2)cc1S(=O)(=O)O. The van der Waals surface area contributed by atoms with Crippen LogP contribution in [0.25, 0.3) is 12.2 Å². The van der Waals surface area contributed by atoms with Crippen LogP contribution < -0.4 is 19.7 Å². The van der Waals surface area contributed by atoms with Crippen molar-refractivity contribution in [3.63, 3.8) is 0 Å². The summed E-state index contributed by atoms with van der Waals surface area (Å²) in [5.74, 6) is 0. The van der Waals surface area contributed by atoms with Crippen LogP contribution in [-0.4, -0.2) is 42.8 Å². The number of hydrogen-bond acceptors (Lipinski definition) is 8. The zero-order valence-electron chi connectivity index (χ0n) is 15.6. The van der Waals surface area contributed by atoms with Crippen molar-refractivity contribution in [3.05, 3.63) is 47.5 Å². The van der Waals surface area contributed by atoms with E-state index in [2.05, 4.69) is 0 Å². The van der Waals surface area contributed by atoms with Crippen LogP contribution in [0.2, 0.25) is 0 Å². The summed E-state index contributed by atoms with van der Waals surface area (Å²) in [4.78, 5) is -1.61. The topological polar surface area (TPSA) is 253 Å². The highest BCUT2D eigenvalue weighted by Gasteiger charge is 2.20. The molecule has 0 radical (unpaired) electrons. The van der Waals surface area contributed by atoms with Crippen molar-refractivity contribution in [2.45, 2.75) is 9.79 Å². The first-order valence-corrected chi connectivity index (χ1v) is 13.8. The minimum atomic E-state index is -4.87. The maximum Gasteiger partial charge on any atom is 0.296 e. The van der Waals surface area contributed by atoms with E-state index in [4.69, 9.17) is 10.3 Å². The summed E-state index contributed by atoms with van der Waals surface area (Å²) in [7, 11) is -18.4. The lowest BCUT2D eigenvalue weighted by Crippen LogP contribution is -2.23. The number of nitrogens with two attached hydrogens (primary N) is 2. The van der Waals surface area contributed by atoms with E-state index in [0.29, 0.717) is 0 Å². The first-order chi connectivity index (χ1) is 14.4. The summed E-state index contributed by atoms with van der Waals surface area (Å²) in [6.45, 7) is 0. The van der Waals surface area contributed by atoms with Gasteiger partial charge in [0.15, 0.2) is 0 Å². The molecule has 2 aromatic carbocycles. The summed E-state index contributed by atoms with van der Waals surface area (Å²) < 4.78 is 113. The predicted octanol–water partition coefficient (Wildman–Crippen LogP) is -0.419. The summed E-state index contributed by atoms with van der Waals surface area (Å²) >= 11 is 0. The highest BCUT2D eigenvalue weighted by molar-refractivity contribution is 7.91. The van der Waals surface area contributed by atoms with E-state index in [1.54, 1.807) is 9.44 Å². The fourth-order valence-electron chi connectivity index (χ4n) is 2.38. The Morgan fingerprint density at radius 3 is 1.19 bits per heavy atom. The molecule has 0 saturated heterocycles. The van der Waals surface area contributed by atoms with Gasteiger partial charge in [-0.3, -0.25) is 18.5 Å². The molecule has 8 N–H and O–H groups in total. The quantitative estimate of drug-likeness (QED) is 0.190. The number of anilines is 2. The number of hydrogen-bond donors (Lipinski definition) is 6. The fraction of sp³-hybridized carbons (Fsp3) is 0. The summed E-state index contributed by atoms with van der Waals surface area (Å²) in [5, 5.41) is 9.61. The Morgan fingerprint density at radius 1 is 0.625 bits per heavy atom. The van der Waals surface area contributed by atoms with E-state index >= 15 is 0 Å². The molecule has 0 spiro atoms. The standard InChI is InChI=1S/C14H16N4O10S4/c15-31(25,26)17-11-5-3-9(7-13(11)29(19,20)21)1-2-10-4-6-12(18-32(16,27)28)14(8-10)30(22,23)24/h1-8,17-18H,(H2,15,25,26)(H2,16,27,28)(H,19,20,21)(H,22,23,24)/b2-1+. The Kier molecular flexibility index (Phi) is 7.02. The van der Waals surface area contributed by atoms with Crippen LogP contribution in [0, 0.1) is 0 Å². The van der Waals surface area contributed by atoms with Gasteiger partial charge in [0, 0.05) is 0 Å². The Morgan fingerprint density at radius 2 is 0.938 bits per heavy atom. The Labute approximate surface area is 183 Å². The van der Waals surface area contributed by atoms with Gasteiger partial charge in [0.25, 0.3) is 40.7 Å². The smallest absolute Gasteiger partial charge is 0.282 e. The van der Waals surface area contributed by atoms with Crippen molar-refractivity contribution in [2.24, 2.45) is 10.3 Å². The third-order valence-corrected chi connectivity index (χ3v) is 6.34. The van der Waals surface area contributed by atoms with Gasteiger partial charge in [0.05, 0.1) is 11.4 Å². The highest BCUT2D eigenvalue weighted by Crippen LogP contribution is 2.26. The van der Waals surface area contributed by atoms with E-state index in [0.717, 1.165) is 24.3 Å². The van der Waals surface area contributed by atoms with Crippen LogP contribution in [-0.2, 0) is 40.7 Å². The molecule has 0 aromatic heterocycles. The van der Waals surface area contributed by atoms with Crippen LogP contribution in [0.1, 0.15) is 11.1 Å². The maximum atomic E-state index is 11.6. The molecule has 0 atom stereocenters. The van der Waals surface area contributed by atoms with Crippen molar-refractivity contribution in [3.8, 4) is 0 Å². The second-order valence-corrected chi connectivity index (χ2v) is 11.5. The van der Waals surface area contributed by atoms with Crippen molar-refractivity contribution in [1.82, 2.24) is 0 Å². The van der Waals surface area contributed by atoms with Gasteiger partial charge in [-0.2, -0.15) is 33.7 Å². The van der Waals surface area contributed by atoms with E-state index in [1.807, 2.05) is 0 Å². The zero-order chi connectivity index (χ0) is 24.5. The van der Waals surface area contributed by atoms with Crippen LogP contribution in [0.4, 0.5) is 11.4 Å². The van der Waals surface area contributed by atoms with Gasteiger partial charge in [-0.25, -0.2) is 10.3 Å². The van der Waals surface area contributed by atoms with Crippen molar-refractivity contribution < 1.29 is 42.8 Å². The summed E-state index contributed by atoms with van der Waals surface area (Å²) in [6, 6.07) is 6.32. The average Bonchev–Trinajstić information content (AvgIpc) is 2.57. The van der Waals surface area contributed by atoms with Crippen LogP contribution in [0.3, 0.4) is 0 Å². The molecule has 0 amide bonds. The molecule has 32 heavy (non-hydrogen) atoms. The Bertz CT molecular complexity index is 1400. The number of benzene rings is 2. The van der Waals surface area contributed by atoms with Crippen molar-refractivity contribution in [1.29, 1.82) is 0 Å². The molecule has 0 unspecified atom stereocenters. The van der Waals surface area contributed by atoms with Crippen molar-refractivity contribution in [2.75, 3.05) is 9.44 Å². The lowest BCUT2D eigenvalue weighted by molar-refractivity contribution is 0.481. The largest absolute Gasteiger partial charge is 0.296 e. The molecule has 18 heteroatoms. The molecule has 176 valence electrons. The first kappa shape index (κ1) is 25.7. The van der Waals surface area contributed by atoms with Gasteiger partial charge < -0.3 is 0 Å². The van der Waals surface area contributed by atoms with E-state index in [-0.39, 0.29) is 11.1 Å². The molecule has 0 saturated carbocycles. The molecule has 0 aliphatic carbocycles. The van der Waals surface area contributed by atoms with Gasteiger partial charge in [0.2, 0.25) is 0 Å². The highest BCUT2D eigenvalue weighted by atomic mass is 32.2. The van der Waals surface area contributed by atoms with Gasteiger partial charge in [0.1, 0.15) is 9.79 Å². The zero-order valence-corrected chi connectivity index (χ0v) is 18.8. The molecule has 0 fully saturated rings. The Balaban J connectivity index is 2.51. The first-order valence-electron chi connectivity index (χ1n) is 7.87. The van der Waals surface area contributed by atoms with E-state index in [1.165, 1.54) is 24.3 Å². The van der Waals surface area contributed by atoms with Gasteiger partial charge >= 0.3 is 0 Å². The molecule has 0 heterocycles. The molecule has 2 rings (SSSR count). The van der Waals surface area contributed by atoms with Gasteiger partial charge in [-0.15, -0.1) is 0 Å². The summed E-state index contributed by atoms with van der Waals surface area (Å²) in [6.07, 6.45) is 2.51. The number of rotatable bonds is 8. The lowest BCUT2D eigenvalue weighted by atomic mass is 10.1. The normalized spacial score (nSPS) is 13.2. The second-order valence-electron chi connectivity index (χ2n) is 6.09. The monoisotopic (exact) mass is 528 g/mol. The number of nitrogens with one attached hydrogen (secondary N) is 2. The average molecular weight is 529 g/mol. The molecular weight excluding hydrogens is 512 g/mol. The van der Waals surface area contributed by atoms with Gasteiger partial charge in [-0.1, -0.05) is 24.3 Å². The molecular formula is C14H16N4O10S4. The van der Waals surface area contributed by atoms with Crippen LogP contribution in [0.15, 0.2) is 46.2 Å². The molecule has 0 aliphatic rings. The Hall–Kier alpha value is -2.58. The lowest BCUT2D eigenvalue weighted by Gasteiger charge is -2.10. The molecule has 0 bridgehead atoms. The third kappa shape index (κ3) is 7.53. The molecule has 2 aromatic rings. The predicted molar refractivity (Wildman–Crippen MR) is 115 cm³/mol. The minimum Gasteiger partial charge on any atom is -0.282 e.